The minimum Gasteiger partial charge on any atom is -0.458 e. The van der Waals surface area contributed by atoms with Crippen molar-refractivity contribution >= 4 is 29.1 Å². The molecule has 162 valence electrons. The molecule has 0 saturated carbocycles. The molecule has 31 heavy (non-hydrogen) atoms. The number of amides is 1. The molecule has 0 spiro atoms. The summed E-state index contributed by atoms with van der Waals surface area (Å²) in [7, 11) is 0. The van der Waals surface area contributed by atoms with E-state index in [9.17, 15) is 14.4 Å². The van der Waals surface area contributed by atoms with Crippen molar-refractivity contribution in [3.8, 4) is 0 Å². The number of halogens is 1. The lowest BCUT2D eigenvalue weighted by Crippen LogP contribution is -2.42. The van der Waals surface area contributed by atoms with Gasteiger partial charge in [0.25, 0.3) is 11.5 Å². The average molecular weight is 442 g/mol. The van der Waals surface area contributed by atoms with E-state index in [-0.39, 0.29) is 18.1 Å². The SMILES string of the molecule is Cc1cccn2c(=O)cc(COC(=O)C(CC(C)C)NC(=O)c3ccc(Cl)cc3)nc12. The number of rotatable bonds is 7. The van der Waals surface area contributed by atoms with Gasteiger partial charge in [-0.05, 0) is 55.2 Å². The van der Waals surface area contributed by atoms with Crippen LogP contribution >= 0.6 is 11.6 Å². The van der Waals surface area contributed by atoms with Gasteiger partial charge in [-0.3, -0.25) is 14.0 Å². The fraction of sp³-hybridized carbons (Fsp3) is 0.304. The van der Waals surface area contributed by atoms with E-state index in [1.807, 2.05) is 26.8 Å². The van der Waals surface area contributed by atoms with Crippen LogP contribution in [0.4, 0.5) is 0 Å². The molecule has 0 fully saturated rings. The van der Waals surface area contributed by atoms with Gasteiger partial charge in [0.15, 0.2) is 0 Å². The summed E-state index contributed by atoms with van der Waals surface area (Å²) in [6.45, 7) is 5.58. The molecule has 3 rings (SSSR count). The highest BCUT2D eigenvalue weighted by atomic mass is 35.5. The van der Waals surface area contributed by atoms with Crippen LogP contribution in [-0.2, 0) is 16.1 Å². The number of benzene rings is 1. The molecule has 1 aromatic carbocycles. The predicted octanol–water partition coefficient (Wildman–Crippen LogP) is 3.54. The molecule has 1 amide bonds. The van der Waals surface area contributed by atoms with Crippen molar-refractivity contribution in [3.63, 3.8) is 0 Å². The van der Waals surface area contributed by atoms with E-state index >= 15 is 0 Å². The Morgan fingerprint density at radius 3 is 2.58 bits per heavy atom. The summed E-state index contributed by atoms with van der Waals surface area (Å²) in [6.07, 6.45) is 2.05. The zero-order valence-electron chi connectivity index (χ0n) is 17.6. The molecule has 0 radical (unpaired) electrons. The highest BCUT2D eigenvalue weighted by Gasteiger charge is 2.24. The van der Waals surface area contributed by atoms with Crippen molar-refractivity contribution in [2.24, 2.45) is 5.92 Å². The highest BCUT2D eigenvalue weighted by molar-refractivity contribution is 6.30. The molecule has 1 atom stereocenters. The Bertz CT molecular complexity index is 1160. The van der Waals surface area contributed by atoms with Gasteiger partial charge < -0.3 is 10.1 Å². The molecule has 7 nitrogen and oxygen atoms in total. The van der Waals surface area contributed by atoms with Crippen molar-refractivity contribution in [1.29, 1.82) is 0 Å². The van der Waals surface area contributed by atoms with E-state index in [1.165, 1.54) is 10.5 Å². The Labute approximate surface area is 185 Å². The summed E-state index contributed by atoms with van der Waals surface area (Å²) in [5.74, 6) is -0.825. The number of esters is 1. The summed E-state index contributed by atoms with van der Waals surface area (Å²) < 4.78 is 6.84. The first-order valence-corrected chi connectivity index (χ1v) is 10.3. The lowest BCUT2D eigenvalue weighted by molar-refractivity contribution is -0.147. The molecule has 3 aromatic rings. The van der Waals surface area contributed by atoms with Crippen LogP contribution in [0.1, 0.15) is 41.9 Å². The third-order valence-electron chi connectivity index (χ3n) is 4.70. The third kappa shape index (κ3) is 5.70. The van der Waals surface area contributed by atoms with Crippen LogP contribution in [0.2, 0.25) is 5.02 Å². The van der Waals surface area contributed by atoms with Crippen LogP contribution < -0.4 is 10.9 Å². The van der Waals surface area contributed by atoms with E-state index in [0.29, 0.717) is 28.3 Å². The number of nitrogens with one attached hydrogen (secondary N) is 1. The van der Waals surface area contributed by atoms with Gasteiger partial charge in [-0.25, -0.2) is 9.78 Å². The molecule has 1 N–H and O–H groups in total. The first-order chi connectivity index (χ1) is 14.7. The molecule has 1 unspecified atom stereocenters. The number of hydrogen-bond donors (Lipinski definition) is 1. The highest BCUT2D eigenvalue weighted by Crippen LogP contribution is 2.13. The maximum absolute atomic E-state index is 12.7. The zero-order chi connectivity index (χ0) is 22.5. The fourth-order valence-electron chi connectivity index (χ4n) is 3.16. The van der Waals surface area contributed by atoms with Gasteiger partial charge in [0.05, 0.1) is 5.69 Å². The summed E-state index contributed by atoms with van der Waals surface area (Å²) in [5.41, 5.74) is 1.83. The summed E-state index contributed by atoms with van der Waals surface area (Å²) in [5, 5.41) is 3.24. The summed E-state index contributed by atoms with van der Waals surface area (Å²) in [4.78, 5) is 42.0. The molecule has 2 aromatic heterocycles. The van der Waals surface area contributed by atoms with Crippen molar-refractivity contribution in [2.75, 3.05) is 0 Å². The number of nitrogens with zero attached hydrogens (tertiary/aromatic N) is 2. The normalized spacial score (nSPS) is 12.0. The zero-order valence-corrected chi connectivity index (χ0v) is 18.3. The van der Waals surface area contributed by atoms with Crippen molar-refractivity contribution in [1.82, 2.24) is 14.7 Å². The molecular formula is C23H24ClN3O4. The first-order valence-electron chi connectivity index (χ1n) is 9.95. The van der Waals surface area contributed by atoms with Gasteiger partial charge in [-0.1, -0.05) is 31.5 Å². The predicted molar refractivity (Wildman–Crippen MR) is 118 cm³/mol. The smallest absolute Gasteiger partial charge is 0.329 e. The van der Waals surface area contributed by atoms with Crippen LogP contribution in [0.5, 0.6) is 0 Å². The van der Waals surface area contributed by atoms with Crippen LogP contribution in [0, 0.1) is 12.8 Å². The molecule has 0 saturated heterocycles. The number of fused-ring (bicyclic) bond motifs is 1. The number of carbonyl (C=O) groups is 2. The number of aryl methyl sites for hydroxylation is 1. The Balaban J connectivity index is 1.73. The lowest BCUT2D eigenvalue weighted by Gasteiger charge is -2.19. The second-order valence-corrected chi connectivity index (χ2v) is 8.18. The maximum Gasteiger partial charge on any atom is 0.329 e. The van der Waals surface area contributed by atoms with E-state index in [1.54, 1.807) is 36.5 Å². The Hall–Kier alpha value is -3.19. The van der Waals surface area contributed by atoms with Crippen molar-refractivity contribution in [2.45, 2.75) is 39.8 Å². The number of carbonyl (C=O) groups excluding carboxylic acids is 2. The maximum atomic E-state index is 12.7. The quantitative estimate of drug-likeness (QED) is 0.566. The second-order valence-electron chi connectivity index (χ2n) is 7.74. The number of aromatic nitrogens is 2. The third-order valence-corrected chi connectivity index (χ3v) is 4.96. The second kappa shape index (κ2) is 9.75. The Morgan fingerprint density at radius 2 is 1.90 bits per heavy atom. The molecule has 0 aliphatic heterocycles. The fourth-order valence-corrected chi connectivity index (χ4v) is 3.28. The molecule has 0 aliphatic carbocycles. The van der Waals surface area contributed by atoms with Gasteiger partial charge >= 0.3 is 5.97 Å². The summed E-state index contributed by atoms with van der Waals surface area (Å²) in [6, 6.07) is 10.5. The first kappa shape index (κ1) is 22.5. The van der Waals surface area contributed by atoms with Crippen LogP contribution in [0.25, 0.3) is 5.65 Å². The topological polar surface area (TPSA) is 89.8 Å². The molecule has 8 heteroatoms. The van der Waals surface area contributed by atoms with E-state index in [4.69, 9.17) is 16.3 Å². The Morgan fingerprint density at radius 1 is 1.19 bits per heavy atom. The van der Waals surface area contributed by atoms with Crippen molar-refractivity contribution < 1.29 is 14.3 Å². The monoisotopic (exact) mass is 441 g/mol. The lowest BCUT2D eigenvalue weighted by atomic mass is 10.0. The van der Waals surface area contributed by atoms with Gasteiger partial charge in [0.2, 0.25) is 0 Å². The number of pyridine rings is 1. The minimum atomic E-state index is -0.827. The number of hydrogen-bond acceptors (Lipinski definition) is 5. The largest absolute Gasteiger partial charge is 0.458 e. The van der Waals surface area contributed by atoms with Gasteiger partial charge in [0.1, 0.15) is 18.3 Å². The standard InChI is InChI=1S/C23H24ClN3O4/c1-14(2)11-19(26-22(29)16-6-8-17(24)9-7-16)23(30)31-13-18-12-20(28)27-10-4-5-15(3)21(27)25-18/h4-10,12,14,19H,11,13H2,1-3H3,(H,26,29). The molecule has 0 aliphatic rings. The minimum absolute atomic E-state index is 0.147. The van der Waals surface area contributed by atoms with Gasteiger partial charge in [0, 0.05) is 22.8 Å². The Kier molecular flexibility index (Phi) is 7.07. The van der Waals surface area contributed by atoms with E-state index in [2.05, 4.69) is 10.3 Å². The summed E-state index contributed by atoms with van der Waals surface area (Å²) >= 11 is 5.86. The molecule has 2 heterocycles. The van der Waals surface area contributed by atoms with Crippen LogP contribution in [-0.4, -0.2) is 27.3 Å². The van der Waals surface area contributed by atoms with E-state index in [0.717, 1.165) is 5.56 Å². The van der Waals surface area contributed by atoms with Crippen LogP contribution in [0.15, 0.2) is 53.5 Å². The van der Waals surface area contributed by atoms with Gasteiger partial charge in [-0.2, -0.15) is 0 Å². The average Bonchev–Trinajstić information content (AvgIpc) is 2.72. The van der Waals surface area contributed by atoms with Gasteiger partial charge in [-0.15, -0.1) is 0 Å². The van der Waals surface area contributed by atoms with Crippen LogP contribution in [0.3, 0.4) is 0 Å². The molecule has 0 bridgehead atoms. The van der Waals surface area contributed by atoms with E-state index < -0.39 is 17.9 Å². The number of ether oxygens (including phenoxy) is 1. The van der Waals surface area contributed by atoms with Crippen molar-refractivity contribution in [3.05, 3.63) is 80.9 Å². The molecular weight excluding hydrogens is 418 g/mol.